The van der Waals surface area contributed by atoms with Crippen LogP contribution in [0.4, 0.5) is 0 Å². The zero-order chi connectivity index (χ0) is 25.9. The van der Waals surface area contributed by atoms with Crippen molar-refractivity contribution in [3.05, 3.63) is 101 Å². The molecule has 0 bridgehead atoms. The van der Waals surface area contributed by atoms with Crippen molar-refractivity contribution in [2.24, 2.45) is 7.05 Å². The van der Waals surface area contributed by atoms with Crippen molar-refractivity contribution in [3.8, 4) is 0 Å². The number of carbonyl (C=O) groups is 2. The highest BCUT2D eigenvalue weighted by Crippen LogP contribution is 2.35. The highest BCUT2D eigenvalue weighted by atomic mass is 35.5. The van der Waals surface area contributed by atoms with Crippen molar-refractivity contribution in [1.29, 1.82) is 0 Å². The van der Waals surface area contributed by atoms with Gasteiger partial charge in [-0.05, 0) is 41.3 Å². The normalized spacial score (nSPS) is 19.0. The minimum absolute atomic E-state index is 0.0439. The van der Waals surface area contributed by atoms with Gasteiger partial charge in [0.05, 0.1) is 18.9 Å². The average Bonchev–Trinajstić information content (AvgIpc) is 3.27. The summed E-state index contributed by atoms with van der Waals surface area (Å²) in [6.45, 7) is 1.43. The number of halogens is 1. The minimum Gasteiger partial charge on any atom is -0.392 e. The lowest BCUT2D eigenvalue weighted by molar-refractivity contribution is 0.0835. The van der Waals surface area contributed by atoms with E-state index in [-0.39, 0.29) is 24.7 Å². The van der Waals surface area contributed by atoms with Gasteiger partial charge in [0.1, 0.15) is 11.1 Å². The van der Waals surface area contributed by atoms with Crippen molar-refractivity contribution < 1.29 is 19.8 Å². The Balaban J connectivity index is 1.72. The number of aryl methyl sites for hydroxylation is 2. The van der Waals surface area contributed by atoms with Crippen LogP contribution in [0.3, 0.4) is 0 Å². The monoisotopic (exact) mass is 507 g/mol. The van der Waals surface area contributed by atoms with E-state index in [1.165, 1.54) is 16.8 Å². The van der Waals surface area contributed by atoms with E-state index in [4.69, 9.17) is 11.6 Å². The molecular formula is C26H26ClN5O4. The molecule has 2 aromatic heterocycles. The number of aliphatic hydroxyl groups excluding tert-OH is 2. The Morgan fingerprint density at radius 1 is 1.11 bits per heavy atom. The molecule has 2 amide bonds. The summed E-state index contributed by atoms with van der Waals surface area (Å²) in [7, 11) is 1.63. The molecule has 36 heavy (non-hydrogen) atoms. The molecule has 2 atom stereocenters. The predicted molar refractivity (Wildman–Crippen MR) is 135 cm³/mol. The topological polar surface area (TPSA) is 129 Å². The fourth-order valence-corrected chi connectivity index (χ4v) is 4.42. The van der Waals surface area contributed by atoms with Gasteiger partial charge >= 0.3 is 0 Å². The summed E-state index contributed by atoms with van der Waals surface area (Å²) in [4.78, 5) is 34.9. The lowest BCUT2D eigenvalue weighted by atomic mass is 9.87. The predicted octanol–water partition coefficient (Wildman–Crippen LogP) is 2.23. The van der Waals surface area contributed by atoms with Crippen molar-refractivity contribution >= 4 is 29.0 Å². The second-order valence-corrected chi connectivity index (χ2v) is 8.91. The largest absolute Gasteiger partial charge is 0.392 e. The van der Waals surface area contributed by atoms with Crippen molar-refractivity contribution in [2.45, 2.75) is 31.2 Å². The van der Waals surface area contributed by atoms with Crippen LogP contribution in [0.15, 0.2) is 67.0 Å². The zero-order valence-electron chi connectivity index (χ0n) is 19.8. The van der Waals surface area contributed by atoms with E-state index >= 15 is 0 Å². The molecule has 2 heterocycles. The molecule has 2 unspecified atom stereocenters. The molecule has 0 fully saturated rings. The van der Waals surface area contributed by atoms with Gasteiger partial charge in [-0.2, -0.15) is 0 Å². The quantitative estimate of drug-likeness (QED) is 0.287. The number of rotatable bonds is 7. The van der Waals surface area contributed by atoms with E-state index in [1.807, 2.05) is 37.3 Å². The molecule has 1 aliphatic rings. The maximum Gasteiger partial charge on any atom is 0.289 e. The van der Waals surface area contributed by atoms with Crippen LogP contribution in [0.1, 0.15) is 43.5 Å². The van der Waals surface area contributed by atoms with Crippen LogP contribution in [0.5, 0.6) is 0 Å². The summed E-state index contributed by atoms with van der Waals surface area (Å²) < 4.78 is 1.49. The number of amides is 2. The van der Waals surface area contributed by atoms with E-state index in [2.05, 4.69) is 20.6 Å². The fourth-order valence-electron chi connectivity index (χ4n) is 4.05. The smallest absolute Gasteiger partial charge is 0.289 e. The Morgan fingerprint density at radius 2 is 1.86 bits per heavy atom. The zero-order valence-corrected chi connectivity index (χ0v) is 20.5. The summed E-state index contributed by atoms with van der Waals surface area (Å²) in [5.41, 5.74) is 2.00. The number of benzene rings is 1. The second-order valence-electron chi connectivity index (χ2n) is 8.47. The van der Waals surface area contributed by atoms with E-state index in [1.54, 1.807) is 31.5 Å². The first kappa shape index (κ1) is 25.3. The third-order valence-corrected chi connectivity index (χ3v) is 6.52. The van der Waals surface area contributed by atoms with Crippen LogP contribution in [0, 0.1) is 6.92 Å². The molecule has 10 heteroatoms. The number of nitrogens with zero attached hydrogens (tertiary/aromatic N) is 3. The van der Waals surface area contributed by atoms with E-state index in [0.717, 1.165) is 11.1 Å². The van der Waals surface area contributed by atoms with E-state index in [0.29, 0.717) is 16.8 Å². The Bertz CT molecular complexity index is 1350. The SMILES string of the molecule is Cc1ccccc1C1=CC=CC(NC(=O)c2ccc(CO)cn2)(NC(=O)c2nc(CO)cn2C)C1Cl. The van der Waals surface area contributed by atoms with Gasteiger partial charge in [-0.3, -0.25) is 14.6 Å². The van der Waals surface area contributed by atoms with Gasteiger partial charge in [0.25, 0.3) is 11.8 Å². The summed E-state index contributed by atoms with van der Waals surface area (Å²) >= 11 is 7.03. The molecule has 0 saturated carbocycles. The van der Waals surface area contributed by atoms with Crippen LogP contribution in [-0.2, 0) is 20.3 Å². The van der Waals surface area contributed by atoms with E-state index < -0.39 is 22.9 Å². The number of carbonyl (C=O) groups excluding carboxylic acids is 2. The van der Waals surface area contributed by atoms with Gasteiger partial charge in [0.2, 0.25) is 0 Å². The Labute approximate surface area is 213 Å². The number of alkyl halides is 1. The third-order valence-electron chi connectivity index (χ3n) is 5.94. The molecule has 4 rings (SSSR count). The number of allylic oxidation sites excluding steroid dienone is 2. The van der Waals surface area contributed by atoms with Gasteiger partial charge in [-0.1, -0.05) is 42.5 Å². The lowest BCUT2D eigenvalue weighted by Crippen LogP contribution is -2.65. The molecule has 186 valence electrons. The summed E-state index contributed by atoms with van der Waals surface area (Å²) in [5.74, 6) is -1.12. The number of aromatic nitrogens is 3. The molecule has 0 aliphatic heterocycles. The Kier molecular flexibility index (Phi) is 7.35. The van der Waals surface area contributed by atoms with Gasteiger partial charge in [0.15, 0.2) is 11.5 Å². The number of hydrogen-bond donors (Lipinski definition) is 4. The van der Waals surface area contributed by atoms with Crippen LogP contribution in [-0.4, -0.2) is 47.6 Å². The number of pyridine rings is 1. The van der Waals surface area contributed by atoms with Crippen molar-refractivity contribution in [1.82, 2.24) is 25.2 Å². The van der Waals surface area contributed by atoms with Crippen molar-refractivity contribution in [3.63, 3.8) is 0 Å². The Morgan fingerprint density at radius 3 is 2.50 bits per heavy atom. The molecule has 4 N–H and O–H groups in total. The molecule has 0 radical (unpaired) electrons. The number of hydrogen-bond acceptors (Lipinski definition) is 6. The maximum absolute atomic E-state index is 13.3. The number of aliphatic hydroxyl groups is 2. The van der Waals surface area contributed by atoms with Gasteiger partial charge < -0.3 is 25.4 Å². The third kappa shape index (κ3) is 4.94. The fraction of sp³-hybridized carbons (Fsp3) is 0.231. The molecule has 9 nitrogen and oxygen atoms in total. The molecule has 0 saturated heterocycles. The first-order chi connectivity index (χ1) is 17.3. The molecule has 1 aromatic carbocycles. The molecule has 0 spiro atoms. The van der Waals surface area contributed by atoms with E-state index in [9.17, 15) is 19.8 Å². The first-order valence-electron chi connectivity index (χ1n) is 11.2. The minimum atomic E-state index is -1.54. The maximum atomic E-state index is 13.3. The number of imidazole rings is 1. The van der Waals surface area contributed by atoms with Gasteiger partial charge in [0, 0.05) is 19.4 Å². The van der Waals surface area contributed by atoms with Crippen molar-refractivity contribution in [2.75, 3.05) is 0 Å². The number of nitrogens with one attached hydrogen (secondary N) is 2. The highest BCUT2D eigenvalue weighted by molar-refractivity contribution is 6.28. The second kappa shape index (κ2) is 10.4. The standard InChI is InChI=1S/C26H26ClN5O4/c1-16-6-3-4-7-19(16)20-8-5-11-26(22(20)27,30-24(35)21-10-9-17(14-33)12-28-21)31-25(36)23-29-18(15-34)13-32(23)2/h3-13,22,33-34H,14-15H2,1-2H3,(H,30,35)(H,31,36). The highest BCUT2D eigenvalue weighted by Gasteiger charge is 2.43. The summed E-state index contributed by atoms with van der Waals surface area (Å²) in [5, 5.41) is 23.5. The van der Waals surface area contributed by atoms with Crippen LogP contribution in [0.2, 0.25) is 0 Å². The van der Waals surface area contributed by atoms with Crippen LogP contribution < -0.4 is 10.6 Å². The van der Waals surface area contributed by atoms with Gasteiger partial charge in [-0.15, -0.1) is 11.6 Å². The first-order valence-corrected chi connectivity index (χ1v) is 11.6. The summed E-state index contributed by atoms with van der Waals surface area (Å²) in [6, 6.07) is 10.8. The molecular weight excluding hydrogens is 482 g/mol. The Hall–Kier alpha value is -3.79. The molecule has 3 aromatic rings. The summed E-state index contributed by atoms with van der Waals surface area (Å²) in [6.07, 6.45) is 8.12. The average molecular weight is 508 g/mol. The van der Waals surface area contributed by atoms with Gasteiger partial charge in [-0.25, -0.2) is 4.98 Å². The molecule has 1 aliphatic carbocycles. The van der Waals surface area contributed by atoms with Crippen LogP contribution >= 0.6 is 11.6 Å². The van der Waals surface area contributed by atoms with Crippen LogP contribution in [0.25, 0.3) is 5.57 Å². The lowest BCUT2D eigenvalue weighted by Gasteiger charge is -2.39.